The van der Waals surface area contributed by atoms with Gasteiger partial charge in [0.15, 0.2) is 0 Å². The van der Waals surface area contributed by atoms with Crippen LogP contribution in [-0.4, -0.2) is 66.2 Å². The summed E-state index contributed by atoms with van der Waals surface area (Å²) in [4.78, 5) is 16.2. The van der Waals surface area contributed by atoms with Gasteiger partial charge in [-0.15, -0.1) is 0 Å². The van der Waals surface area contributed by atoms with Gasteiger partial charge >= 0.3 is 0 Å². The third-order valence-corrected chi connectivity index (χ3v) is 3.45. The average Bonchev–Trinajstić information content (AvgIpc) is 2.54. The topological polar surface area (TPSA) is 69.8 Å². The van der Waals surface area contributed by atoms with Crippen molar-refractivity contribution in [3.8, 4) is 0 Å². The minimum absolute atomic E-state index is 0.0501. The molecule has 0 aromatic rings. The Morgan fingerprint density at radius 1 is 1.50 bits per heavy atom. The molecule has 0 aromatic carbocycles. The predicted octanol–water partition coefficient (Wildman–Crippen LogP) is -0.117. The van der Waals surface area contributed by atoms with Crippen molar-refractivity contribution in [3.05, 3.63) is 0 Å². The van der Waals surface area contributed by atoms with Crippen LogP contribution in [0.2, 0.25) is 0 Å². The third-order valence-electron chi connectivity index (χ3n) is 3.45. The predicted molar refractivity (Wildman–Crippen MR) is 72.1 cm³/mol. The Morgan fingerprint density at radius 2 is 2.06 bits per heavy atom. The number of hydrogen-bond acceptors (Lipinski definition) is 4. The first-order valence-corrected chi connectivity index (χ1v) is 6.51. The van der Waals surface area contributed by atoms with Crippen molar-refractivity contribution in [1.82, 2.24) is 9.80 Å². The number of nitrogens with two attached hydrogens (primary N) is 1. The molecule has 1 saturated heterocycles. The molecule has 0 saturated carbocycles. The number of β-amino-alcohol motifs (C(OH)–C–C–N with tert-alkyl or cyclic N) is 1. The molecule has 0 radical (unpaired) electrons. The van der Waals surface area contributed by atoms with Gasteiger partial charge in [0.2, 0.25) is 5.91 Å². The molecule has 5 nitrogen and oxygen atoms in total. The zero-order valence-corrected chi connectivity index (χ0v) is 12.2. The van der Waals surface area contributed by atoms with E-state index in [2.05, 4.69) is 0 Å². The van der Waals surface area contributed by atoms with Crippen LogP contribution < -0.4 is 5.73 Å². The number of carbonyl (C=O) groups is 1. The molecule has 3 N–H and O–H groups in total. The highest BCUT2D eigenvalue weighted by Gasteiger charge is 2.39. The summed E-state index contributed by atoms with van der Waals surface area (Å²) in [6, 6.07) is -0.455. The average molecular weight is 257 g/mol. The van der Waals surface area contributed by atoms with Gasteiger partial charge < -0.3 is 20.6 Å². The Kier molecular flexibility index (Phi) is 4.75. The summed E-state index contributed by atoms with van der Waals surface area (Å²) in [6.07, 6.45) is 0.215. The SMILES string of the molecule is CN(C)CC1CC(O)CN1C(=O)C(N)C(C)(C)C. The van der Waals surface area contributed by atoms with Gasteiger partial charge in [0.25, 0.3) is 0 Å². The van der Waals surface area contributed by atoms with Crippen molar-refractivity contribution in [2.75, 3.05) is 27.2 Å². The zero-order valence-electron chi connectivity index (χ0n) is 12.2. The molecule has 0 aliphatic carbocycles. The minimum Gasteiger partial charge on any atom is -0.391 e. The molecule has 0 bridgehead atoms. The van der Waals surface area contributed by atoms with Gasteiger partial charge in [-0.3, -0.25) is 4.79 Å². The molecular weight excluding hydrogens is 230 g/mol. The number of likely N-dealkylation sites (tertiary alicyclic amines) is 1. The number of hydrogen-bond donors (Lipinski definition) is 2. The molecule has 5 heteroatoms. The fraction of sp³-hybridized carbons (Fsp3) is 0.923. The molecule has 1 fully saturated rings. The normalized spacial score (nSPS) is 26.8. The Balaban J connectivity index is 2.76. The van der Waals surface area contributed by atoms with Crippen LogP contribution in [0.15, 0.2) is 0 Å². The lowest BCUT2D eigenvalue weighted by Crippen LogP contribution is -2.53. The second kappa shape index (κ2) is 5.55. The van der Waals surface area contributed by atoms with Crippen molar-refractivity contribution < 1.29 is 9.90 Å². The van der Waals surface area contributed by atoms with E-state index in [-0.39, 0.29) is 17.4 Å². The molecule has 3 atom stereocenters. The number of amides is 1. The standard InChI is InChI=1S/C13H27N3O2/c1-13(2,3)11(14)12(18)16-8-10(17)6-9(16)7-15(4)5/h9-11,17H,6-8,14H2,1-5H3. The largest absolute Gasteiger partial charge is 0.391 e. The third kappa shape index (κ3) is 3.67. The van der Waals surface area contributed by atoms with E-state index in [0.717, 1.165) is 6.54 Å². The number of nitrogens with zero attached hydrogens (tertiary/aromatic N) is 2. The summed E-state index contributed by atoms with van der Waals surface area (Å²) in [7, 11) is 3.94. The highest BCUT2D eigenvalue weighted by atomic mass is 16.3. The van der Waals surface area contributed by atoms with Crippen LogP contribution in [0.1, 0.15) is 27.2 Å². The van der Waals surface area contributed by atoms with Gasteiger partial charge in [0.1, 0.15) is 0 Å². The van der Waals surface area contributed by atoms with Gasteiger partial charge in [-0.05, 0) is 25.9 Å². The Hall–Kier alpha value is -0.650. The van der Waals surface area contributed by atoms with Gasteiger partial charge in [0, 0.05) is 19.1 Å². The van der Waals surface area contributed by atoms with Crippen LogP contribution in [0.25, 0.3) is 0 Å². The summed E-state index contributed by atoms with van der Waals surface area (Å²) >= 11 is 0. The molecule has 1 heterocycles. The van der Waals surface area contributed by atoms with Crippen molar-refractivity contribution >= 4 is 5.91 Å². The van der Waals surface area contributed by atoms with Crippen LogP contribution in [0.4, 0.5) is 0 Å². The van der Waals surface area contributed by atoms with Crippen molar-refractivity contribution in [3.63, 3.8) is 0 Å². The summed E-state index contributed by atoms with van der Waals surface area (Å²) in [5.41, 5.74) is 5.77. The van der Waals surface area contributed by atoms with E-state index in [0.29, 0.717) is 13.0 Å². The molecular formula is C13H27N3O2. The smallest absolute Gasteiger partial charge is 0.240 e. The van der Waals surface area contributed by atoms with Crippen LogP contribution in [0.3, 0.4) is 0 Å². The van der Waals surface area contributed by atoms with Crippen molar-refractivity contribution in [2.45, 2.75) is 45.4 Å². The number of aliphatic hydroxyl groups is 1. The van der Waals surface area contributed by atoms with E-state index in [9.17, 15) is 9.90 Å². The van der Waals surface area contributed by atoms with E-state index in [1.54, 1.807) is 4.90 Å². The van der Waals surface area contributed by atoms with E-state index >= 15 is 0 Å². The van der Waals surface area contributed by atoms with Crippen LogP contribution in [-0.2, 0) is 4.79 Å². The lowest BCUT2D eigenvalue weighted by atomic mass is 9.86. The Morgan fingerprint density at radius 3 is 2.50 bits per heavy atom. The van der Waals surface area contributed by atoms with Crippen LogP contribution >= 0.6 is 0 Å². The lowest BCUT2D eigenvalue weighted by molar-refractivity contribution is -0.136. The van der Waals surface area contributed by atoms with E-state index < -0.39 is 12.1 Å². The number of likely N-dealkylation sites (N-methyl/N-ethyl adjacent to an activating group) is 1. The lowest BCUT2D eigenvalue weighted by Gasteiger charge is -2.33. The number of aliphatic hydroxyl groups excluding tert-OH is 1. The Labute approximate surface area is 110 Å². The molecule has 3 unspecified atom stereocenters. The van der Waals surface area contributed by atoms with Crippen LogP contribution in [0.5, 0.6) is 0 Å². The number of rotatable bonds is 3. The van der Waals surface area contributed by atoms with E-state index in [1.807, 2.05) is 39.8 Å². The molecule has 18 heavy (non-hydrogen) atoms. The quantitative estimate of drug-likeness (QED) is 0.740. The first kappa shape index (κ1) is 15.4. The molecule has 1 aliphatic heterocycles. The molecule has 1 aliphatic rings. The fourth-order valence-corrected chi connectivity index (χ4v) is 2.31. The maximum Gasteiger partial charge on any atom is 0.240 e. The molecule has 106 valence electrons. The van der Waals surface area contributed by atoms with Gasteiger partial charge in [-0.2, -0.15) is 0 Å². The molecule has 1 rings (SSSR count). The summed E-state index contributed by atoms with van der Waals surface area (Å²) in [6.45, 7) is 7.05. The summed E-state index contributed by atoms with van der Waals surface area (Å²) in [5, 5.41) is 9.76. The molecule has 0 aromatic heterocycles. The second-order valence-corrected chi connectivity index (χ2v) is 6.64. The van der Waals surface area contributed by atoms with Gasteiger partial charge in [0.05, 0.1) is 12.1 Å². The minimum atomic E-state index is -0.521. The maximum atomic E-state index is 12.4. The van der Waals surface area contributed by atoms with Crippen molar-refractivity contribution in [2.24, 2.45) is 11.1 Å². The maximum absolute atomic E-state index is 12.4. The zero-order chi connectivity index (χ0) is 14.1. The monoisotopic (exact) mass is 257 g/mol. The highest BCUT2D eigenvalue weighted by molar-refractivity contribution is 5.83. The van der Waals surface area contributed by atoms with E-state index in [4.69, 9.17) is 5.73 Å². The molecule has 0 spiro atoms. The first-order valence-electron chi connectivity index (χ1n) is 6.51. The molecule has 1 amide bonds. The first-order chi connectivity index (χ1) is 8.12. The summed E-state index contributed by atoms with van der Waals surface area (Å²) in [5.74, 6) is -0.0501. The van der Waals surface area contributed by atoms with Crippen molar-refractivity contribution in [1.29, 1.82) is 0 Å². The fourth-order valence-electron chi connectivity index (χ4n) is 2.31. The highest BCUT2D eigenvalue weighted by Crippen LogP contribution is 2.24. The Bertz CT molecular complexity index is 299. The number of carbonyl (C=O) groups excluding carboxylic acids is 1. The van der Waals surface area contributed by atoms with E-state index in [1.165, 1.54) is 0 Å². The second-order valence-electron chi connectivity index (χ2n) is 6.64. The van der Waals surface area contributed by atoms with Crippen LogP contribution in [0, 0.1) is 5.41 Å². The summed E-state index contributed by atoms with van der Waals surface area (Å²) < 4.78 is 0. The van der Waals surface area contributed by atoms with Gasteiger partial charge in [-0.25, -0.2) is 0 Å². The van der Waals surface area contributed by atoms with Gasteiger partial charge in [-0.1, -0.05) is 20.8 Å².